The maximum absolute atomic E-state index is 13.2. The standard InChI is InChI=1S/C8H12F2O2S/c1-12-7(11)8(9,10)6-2-4-13-5-3-6/h6H,2-5H2,1H3. The number of carbonyl (C=O) groups is 1. The Labute approximate surface area is 80.0 Å². The first kappa shape index (κ1) is 10.8. The number of hydrogen-bond donors (Lipinski definition) is 0. The van der Waals surface area contributed by atoms with Crippen LogP contribution in [0.15, 0.2) is 0 Å². The van der Waals surface area contributed by atoms with Crippen molar-refractivity contribution in [3.05, 3.63) is 0 Å². The van der Waals surface area contributed by atoms with Gasteiger partial charge in [0.1, 0.15) is 0 Å². The van der Waals surface area contributed by atoms with E-state index in [4.69, 9.17) is 0 Å². The third-order valence-corrected chi connectivity index (χ3v) is 3.24. The Balaban J connectivity index is 2.60. The molecule has 0 saturated carbocycles. The van der Waals surface area contributed by atoms with E-state index < -0.39 is 17.8 Å². The summed E-state index contributed by atoms with van der Waals surface area (Å²) in [6.45, 7) is 0. The van der Waals surface area contributed by atoms with E-state index in [-0.39, 0.29) is 0 Å². The minimum Gasteiger partial charge on any atom is -0.465 e. The van der Waals surface area contributed by atoms with Crippen molar-refractivity contribution in [1.29, 1.82) is 0 Å². The van der Waals surface area contributed by atoms with Gasteiger partial charge in [0.25, 0.3) is 0 Å². The van der Waals surface area contributed by atoms with Gasteiger partial charge < -0.3 is 4.74 Å². The van der Waals surface area contributed by atoms with E-state index in [1.165, 1.54) is 0 Å². The zero-order valence-electron chi connectivity index (χ0n) is 7.39. The summed E-state index contributed by atoms with van der Waals surface area (Å²) in [7, 11) is 0.994. The predicted molar refractivity (Wildman–Crippen MR) is 47.0 cm³/mol. The molecule has 5 heteroatoms. The van der Waals surface area contributed by atoms with Gasteiger partial charge in [0.2, 0.25) is 0 Å². The van der Waals surface area contributed by atoms with Gasteiger partial charge >= 0.3 is 11.9 Å². The molecule has 0 aromatic rings. The molecule has 0 N–H and O–H groups in total. The van der Waals surface area contributed by atoms with Crippen molar-refractivity contribution < 1.29 is 18.3 Å². The monoisotopic (exact) mass is 210 g/mol. The summed E-state index contributed by atoms with van der Waals surface area (Å²) >= 11 is 1.65. The number of ether oxygens (including phenoxy) is 1. The molecule has 0 aromatic heterocycles. The van der Waals surface area contributed by atoms with E-state index in [9.17, 15) is 13.6 Å². The maximum Gasteiger partial charge on any atom is 0.377 e. The van der Waals surface area contributed by atoms with Crippen LogP contribution in [0, 0.1) is 5.92 Å². The Morgan fingerprint density at radius 1 is 1.46 bits per heavy atom. The third kappa shape index (κ3) is 2.33. The highest BCUT2D eigenvalue weighted by Gasteiger charge is 2.48. The molecule has 1 aliphatic rings. The van der Waals surface area contributed by atoms with Crippen LogP contribution in [0.4, 0.5) is 8.78 Å². The van der Waals surface area contributed by atoms with Crippen molar-refractivity contribution in [1.82, 2.24) is 0 Å². The van der Waals surface area contributed by atoms with Gasteiger partial charge in [-0.2, -0.15) is 20.5 Å². The van der Waals surface area contributed by atoms with Crippen LogP contribution in [-0.2, 0) is 9.53 Å². The minimum absolute atomic E-state index is 0.396. The molecule has 0 unspecified atom stereocenters. The molecule has 1 saturated heterocycles. The second-order valence-electron chi connectivity index (χ2n) is 3.00. The Morgan fingerprint density at radius 3 is 2.46 bits per heavy atom. The van der Waals surface area contributed by atoms with E-state index in [2.05, 4.69) is 4.74 Å². The van der Waals surface area contributed by atoms with E-state index in [0.717, 1.165) is 7.11 Å². The third-order valence-electron chi connectivity index (χ3n) is 2.19. The maximum atomic E-state index is 13.2. The topological polar surface area (TPSA) is 26.3 Å². The van der Waals surface area contributed by atoms with Gasteiger partial charge in [-0.1, -0.05) is 0 Å². The summed E-state index contributed by atoms with van der Waals surface area (Å²) < 4.78 is 30.5. The molecule has 0 aromatic carbocycles. The molecular weight excluding hydrogens is 198 g/mol. The minimum atomic E-state index is -3.30. The van der Waals surface area contributed by atoms with Gasteiger partial charge in [-0.15, -0.1) is 0 Å². The van der Waals surface area contributed by atoms with Crippen LogP contribution in [0.2, 0.25) is 0 Å². The van der Waals surface area contributed by atoms with Gasteiger partial charge in [0.05, 0.1) is 7.11 Å². The van der Waals surface area contributed by atoms with Crippen molar-refractivity contribution in [2.24, 2.45) is 5.92 Å². The van der Waals surface area contributed by atoms with Crippen LogP contribution in [0.3, 0.4) is 0 Å². The van der Waals surface area contributed by atoms with Gasteiger partial charge in [0, 0.05) is 5.92 Å². The highest BCUT2D eigenvalue weighted by molar-refractivity contribution is 7.99. The number of halogens is 2. The van der Waals surface area contributed by atoms with Crippen LogP contribution < -0.4 is 0 Å². The lowest BCUT2D eigenvalue weighted by molar-refractivity contribution is -0.177. The first-order valence-electron chi connectivity index (χ1n) is 4.13. The van der Waals surface area contributed by atoms with Crippen molar-refractivity contribution in [2.45, 2.75) is 18.8 Å². The van der Waals surface area contributed by atoms with Crippen LogP contribution in [0.1, 0.15) is 12.8 Å². The lowest BCUT2D eigenvalue weighted by Gasteiger charge is -2.27. The molecule has 0 amide bonds. The highest BCUT2D eigenvalue weighted by atomic mass is 32.2. The number of hydrogen-bond acceptors (Lipinski definition) is 3. The molecule has 76 valence electrons. The molecule has 1 fully saturated rings. The lowest BCUT2D eigenvalue weighted by Crippen LogP contribution is -2.40. The fourth-order valence-corrected chi connectivity index (χ4v) is 2.47. The van der Waals surface area contributed by atoms with E-state index in [0.29, 0.717) is 24.3 Å². The average Bonchev–Trinajstić information content (AvgIpc) is 2.18. The van der Waals surface area contributed by atoms with E-state index in [1.807, 2.05) is 0 Å². The van der Waals surface area contributed by atoms with Gasteiger partial charge in [-0.25, -0.2) is 4.79 Å². The normalized spacial score (nSPS) is 19.9. The fourth-order valence-electron chi connectivity index (χ4n) is 1.36. The Hall–Kier alpha value is -0.320. The van der Waals surface area contributed by atoms with Crippen molar-refractivity contribution in [2.75, 3.05) is 18.6 Å². The van der Waals surface area contributed by atoms with Crippen molar-refractivity contribution in [3.8, 4) is 0 Å². The van der Waals surface area contributed by atoms with E-state index >= 15 is 0 Å². The smallest absolute Gasteiger partial charge is 0.377 e. The summed E-state index contributed by atoms with van der Waals surface area (Å²) in [4.78, 5) is 10.8. The van der Waals surface area contributed by atoms with Crippen molar-refractivity contribution >= 4 is 17.7 Å². The van der Waals surface area contributed by atoms with Gasteiger partial charge in [-0.3, -0.25) is 0 Å². The number of methoxy groups -OCH3 is 1. The summed E-state index contributed by atoms with van der Waals surface area (Å²) in [5.41, 5.74) is 0. The van der Waals surface area contributed by atoms with Crippen molar-refractivity contribution in [3.63, 3.8) is 0 Å². The molecular formula is C8H12F2O2S. The Kier molecular flexibility index (Phi) is 3.53. The first-order valence-corrected chi connectivity index (χ1v) is 5.28. The number of carbonyl (C=O) groups excluding carboxylic acids is 1. The SMILES string of the molecule is COC(=O)C(F)(F)C1CCSCC1. The molecule has 13 heavy (non-hydrogen) atoms. The molecule has 1 aliphatic heterocycles. The molecule has 2 nitrogen and oxygen atoms in total. The second kappa shape index (κ2) is 4.26. The second-order valence-corrected chi connectivity index (χ2v) is 4.23. The zero-order valence-corrected chi connectivity index (χ0v) is 8.20. The summed E-state index contributed by atoms with van der Waals surface area (Å²) in [6.07, 6.45) is 0.791. The quantitative estimate of drug-likeness (QED) is 0.651. The van der Waals surface area contributed by atoms with Crippen LogP contribution in [-0.4, -0.2) is 30.5 Å². The molecule has 1 heterocycles. The van der Waals surface area contributed by atoms with E-state index in [1.54, 1.807) is 11.8 Å². The van der Waals surface area contributed by atoms with Crippen LogP contribution in [0.25, 0.3) is 0 Å². The largest absolute Gasteiger partial charge is 0.465 e. The van der Waals surface area contributed by atoms with Crippen LogP contribution >= 0.6 is 11.8 Å². The summed E-state index contributed by atoms with van der Waals surface area (Å²) in [6, 6.07) is 0. The Bertz CT molecular complexity index is 191. The lowest BCUT2D eigenvalue weighted by atomic mass is 9.95. The zero-order chi connectivity index (χ0) is 9.90. The molecule has 0 aliphatic carbocycles. The fraction of sp³-hybridized carbons (Fsp3) is 0.875. The molecule has 0 bridgehead atoms. The number of alkyl halides is 2. The predicted octanol–water partition coefficient (Wildman–Crippen LogP) is 1.94. The molecule has 0 atom stereocenters. The number of esters is 1. The summed E-state index contributed by atoms with van der Waals surface area (Å²) in [5.74, 6) is -4.12. The summed E-state index contributed by atoms with van der Waals surface area (Å²) in [5, 5.41) is 0. The van der Waals surface area contributed by atoms with Gasteiger partial charge in [0.15, 0.2) is 0 Å². The Morgan fingerprint density at radius 2 is 2.00 bits per heavy atom. The number of thioether (sulfide) groups is 1. The van der Waals surface area contributed by atoms with Gasteiger partial charge in [-0.05, 0) is 24.3 Å². The van der Waals surface area contributed by atoms with Crippen LogP contribution in [0.5, 0.6) is 0 Å². The average molecular weight is 210 g/mol. The molecule has 1 rings (SSSR count). The highest BCUT2D eigenvalue weighted by Crippen LogP contribution is 2.36. The molecule has 0 radical (unpaired) electrons. The molecule has 0 spiro atoms. The first-order chi connectivity index (χ1) is 6.09. The number of rotatable bonds is 2.